The van der Waals surface area contributed by atoms with Crippen LogP contribution in [-0.2, 0) is 11.2 Å². The lowest BCUT2D eigenvalue weighted by Crippen LogP contribution is -2.05. The maximum Gasteiger partial charge on any atom is 0.308 e. The summed E-state index contributed by atoms with van der Waals surface area (Å²) in [5, 5.41) is 3.40. The zero-order valence-corrected chi connectivity index (χ0v) is 20.2. The quantitative estimate of drug-likeness (QED) is 0.168. The van der Waals surface area contributed by atoms with Crippen molar-refractivity contribution in [3.63, 3.8) is 0 Å². The normalized spacial score (nSPS) is 11.2. The van der Waals surface area contributed by atoms with Crippen LogP contribution in [0.3, 0.4) is 0 Å². The number of nitrogens with zero attached hydrogens (tertiary/aromatic N) is 1. The van der Waals surface area contributed by atoms with Crippen LogP contribution >= 0.6 is 11.3 Å². The molecule has 0 bridgehead atoms. The number of aromatic nitrogens is 1. The Kier molecular flexibility index (Phi) is 6.70. The Balaban J connectivity index is 1.54. The Morgan fingerprint density at radius 1 is 1.00 bits per heavy atom. The molecule has 0 saturated heterocycles. The summed E-state index contributed by atoms with van der Waals surface area (Å²) >= 11 is 1.68. The van der Waals surface area contributed by atoms with E-state index in [4.69, 9.17) is 9.72 Å². The predicted molar refractivity (Wildman–Crippen MR) is 134 cm³/mol. The molecule has 0 amide bonds. The number of ether oxygens (including phenoxy) is 1. The zero-order valence-electron chi connectivity index (χ0n) is 19.3. The summed E-state index contributed by atoms with van der Waals surface area (Å²) in [4.78, 5) is 30.2. The van der Waals surface area contributed by atoms with E-state index in [1.807, 2.05) is 19.1 Å². The number of esters is 1. The van der Waals surface area contributed by atoms with Crippen molar-refractivity contribution in [2.45, 2.75) is 46.5 Å². The van der Waals surface area contributed by atoms with Crippen molar-refractivity contribution >= 4 is 33.9 Å². The van der Waals surface area contributed by atoms with Gasteiger partial charge in [0.25, 0.3) is 0 Å². The second kappa shape index (κ2) is 9.67. The van der Waals surface area contributed by atoms with Crippen molar-refractivity contribution in [2.24, 2.45) is 0 Å². The molecule has 4 aromatic rings. The van der Waals surface area contributed by atoms with Gasteiger partial charge in [-0.2, -0.15) is 0 Å². The Bertz CT molecular complexity index is 1340. The van der Waals surface area contributed by atoms with Gasteiger partial charge in [0.05, 0.1) is 5.69 Å². The van der Waals surface area contributed by atoms with Crippen LogP contribution in [0.25, 0.3) is 21.3 Å². The summed E-state index contributed by atoms with van der Waals surface area (Å²) in [7, 11) is 0. The summed E-state index contributed by atoms with van der Waals surface area (Å²) < 4.78 is 5.17. The summed E-state index contributed by atoms with van der Waals surface area (Å²) in [6.45, 7) is 7.49. The van der Waals surface area contributed by atoms with E-state index in [-0.39, 0.29) is 17.7 Å². The predicted octanol–water partition coefficient (Wildman–Crippen LogP) is 7.14. The molecule has 1 heterocycles. The maximum absolute atomic E-state index is 12.9. The molecule has 0 aliphatic heterocycles. The van der Waals surface area contributed by atoms with Crippen molar-refractivity contribution < 1.29 is 14.3 Å². The van der Waals surface area contributed by atoms with Crippen molar-refractivity contribution in [3.8, 4) is 16.3 Å². The Labute approximate surface area is 198 Å². The Morgan fingerprint density at radius 2 is 1.76 bits per heavy atom. The van der Waals surface area contributed by atoms with Crippen LogP contribution in [0.15, 0.2) is 60.7 Å². The molecule has 33 heavy (non-hydrogen) atoms. The number of fused-ring (bicyclic) bond motifs is 1. The Morgan fingerprint density at radius 3 is 2.45 bits per heavy atom. The number of Topliss-reactive ketones (excluding diaryl/α,β-unsaturated/α-hetero) is 1. The zero-order chi connectivity index (χ0) is 23.5. The molecule has 0 saturated carbocycles. The topological polar surface area (TPSA) is 56.3 Å². The molecule has 0 N–H and O–H groups in total. The molecule has 0 radical (unpaired) electrons. The SMILES string of the molecule is CC(=O)Oc1ccc(C(=O)CCc2sc(-c3ccc4ccccc4c3)nc2C(C)C)cc1C. The fourth-order valence-electron chi connectivity index (χ4n) is 3.90. The minimum atomic E-state index is -0.370. The highest BCUT2D eigenvalue weighted by atomic mass is 32.1. The summed E-state index contributed by atoms with van der Waals surface area (Å²) in [5.41, 5.74) is 3.58. The number of hydrogen-bond acceptors (Lipinski definition) is 5. The van der Waals surface area contributed by atoms with Gasteiger partial charge in [-0.3, -0.25) is 9.59 Å². The number of benzene rings is 3. The average molecular weight is 458 g/mol. The van der Waals surface area contributed by atoms with E-state index in [0.717, 1.165) is 26.7 Å². The first-order chi connectivity index (χ1) is 15.8. The van der Waals surface area contributed by atoms with Gasteiger partial charge in [-0.25, -0.2) is 4.98 Å². The largest absolute Gasteiger partial charge is 0.426 e. The van der Waals surface area contributed by atoms with Crippen LogP contribution < -0.4 is 4.74 Å². The van der Waals surface area contributed by atoms with Gasteiger partial charge in [0.2, 0.25) is 0 Å². The van der Waals surface area contributed by atoms with Gasteiger partial charge in [-0.15, -0.1) is 11.3 Å². The average Bonchev–Trinajstić information content (AvgIpc) is 3.23. The van der Waals surface area contributed by atoms with E-state index in [0.29, 0.717) is 24.2 Å². The van der Waals surface area contributed by atoms with Crippen molar-refractivity contribution in [2.75, 3.05) is 0 Å². The van der Waals surface area contributed by atoms with Crippen molar-refractivity contribution in [1.82, 2.24) is 4.98 Å². The highest BCUT2D eigenvalue weighted by molar-refractivity contribution is 7.15. The van der Waals surface area contributed by atoms with Crippen LogP contribution in [-0.4, -0.2) is 16.7 Å². The molecule has 0 unspecified atom stereocenters. The van der Waals surface area contributed by atoms with Crippen LogP contribution in [0.2, 0.25) is 0 Å². The first kappa shape index (κ1) is 22.9. The molecule has 1 aromatic heterocycles. The number of rotatable bonds is 7. The second-order valence-electron chi connectivity index (χ2n) is 8.54. The fraction of sp³-hybridized carbons (Fsp3) is 0.250. The molecule has 3 aromatic carbocycles. The molecule has 4 nitrogen and oxygen atoms in total. The summed E-state index contributed by atoms with van der Waals surface area (Å²) in [6, 6.07) is 20.0. The third-order valence-electron chi connectivity index (χ3n) is 5.60. The number of hydrogen-bond donors (Lipinski definition) is 0. The molecule has 5 heteroatoms. The van der Waals surface area contributed by atoms with E-state index in [1.165, 1.54) is 17.7 Å². The lowest BCUT2D eigenvalue weighted by atomic mass is 10.0. The standard InChI is InChI=1S/C28H27NO3S/c1-17(2)27-26(14-12-24(31)22-11-13-25(18(3)15-22)32-19(4)30)33-28(29-27)23-10-9-20-7-5-6-8-21(20)16-23/h5-11,13,15-17H,12,14H2,1-4H3. The third kappa shape index (κ3) is 5.20. The van der Waals surface area contributed by atoms with Crippen molar-refractivity contribution in [3.05, 3.63) is 82.4 Å². The highest BCUT2D eigenvalue weighted by Crippen LogP contribution is 2.34. The van der Waals surface area contributed by atoms with E-state index < -0.39 is 0 Å². The third-order valence-corrected chi connectivity index (χ3v) is 6.78. The number of carbonyl (C=O) groups is 2. The highest BCUT2D eigenvalue weighted by Gasteiger charge is 2.18. The minimum Gasteiger partial charge on any atom is -0.426 e. The van der Waals surface area contributed by atoms with Crippen LogP contribution in [0, 0.1) is 6.92 Å². The van der Waals surface area contributed by atoms with Gasteiger partial charge < -0.3 is 4.74 Å². The van der Waals surface area contributed by atoms with Gasteiger partial charge >= 0.3 is 5.97 Å². The molecule has 0 fully saturated rings. The number of aryl methyl sites for hydroxylation is 2. The smallest absolute Gasteiger partial charge is 0.308 e. The van der Waals surface area contributed by atoms with E-state index in [9.17, 15) is 9.59 Å². The monoisotopic (exact) mass is 457 g/mol. The molecule has 168 valence electrons. The van der Waals surface area contributed by atoms with E-state index >= 15 is 0 Å². The van der Waals surface area contributed by atoms with Crippen LogP contribution in [0.1, 0.15) is 59.6 Å². The lowest BCUT2D eigenvalue weighted by molar-refractivity contribution is -0.131. The van der Waals surface area contributed by atoms with Gasteiger partial charge in [-0.1, -0.05) is 50.2 Å². The van der Waals surface area contributed by atoms with Gasteiger partial charge in [0, 0.05) is 29.3 Å². The number of carbonyl (C=O) groups excluding carboxylic acids is 2. The van der Waals surface area contributed by atoms with Gasteiger partial charge in [-0.05, 0) is 59.9 Å². The first-order valence-electron chi connectivity index (χ1n) is 11.1. The number of thiazole rings is 1. The summed E-state index contributed by atoms with van der Waals surface area (Å²) in [6.07, 6.45) is 1.06. The molecular formula is C28H27NO3S. The molecule has 4 rings (SSSR count). The molecular weight excluding hydrogens is 430 g/mol. The van der Waals surface area contributed by atoms with E-state index in [1.54, 1.807) is 29.5 Å². The molecule has 0 atom stereocenters. The van der Waals surface area contributed by atoms with Crippen LogP contribution in [0.5, 0.6) is 5.75 Å². The first-order valence-corrected chi connectivity index (χ1v) is 11.9. The Hall–Kier alpha value is -3.31. The second-order valence-corrected chi connectivity index (χ2v) is 9.62. The van der Waals surface area contributed by atoms with Crippen molar-refractivity contribution in [1.29, 1.82) is 0 Å². The molecule has 0 aliphatic carbocycles. The van der Waals surface area contributed by atoms with Crippen LogP contribution in [0.4, 0.5) is 0 Å². The summed E-state index contributed by atoms with van der Waals surface area (Å²) in [5.74, 6) is 0.475. The number of ketones is 1. The lowest BCUT2D eigenvalue weighted by Gasteiger charge is -2.08. The molecule has 0 aliphatic rings. The maximum atomic E-state index is 12.9. The minimum absolute atomic E-state index is 0.0721. The molecule has 0 spiro atoms. The van der Waals surface area contributed by atoms with Gasteiger partial charge in [0.15, 0.2) is 5.78 Å². The fourth-order valence-corrected chi connectivity index (χ4v) is 5.12. The van der Waals surface area contributed by atoms with Gasteiger partial charge in [0.1, 0.15) is 10.8 Å². The van der Waals surface area contributed by atoms with E-state index in [2.05, 4.69) is 44.2 Å².